The first-order valence-corrected chi connectivity index (χ1v) is 10.7. The zero-order valence-corrected chi connectivity index (χ0v) is 18.0. The highest BCUT2D eigenvalue weighted by atomic mass is 16.5. The van der Waals surface area contributed by atoms with Crippen LogP contribution in [0.5, 0.6) is 0 Å². The van der Waals surface area contributed by atoms with Crippen LogP contribution >= 0.6 is 0 Å². The zero-order chi connectivity index (χ0) is 24.3. The second-order valence-corrected chi connectivity index (χ2v) is 8.41. The van der Waals surface area contributed by atoms with Crippen molar-refractivity contribution < 1.29 is 49.1 Å². The van der Waals surface area contributed by atoms with E-state index in [4.69, 9.17) is 9.47 Å². The van der Waals surface area contributed by atoms with E-state index in [0.717, 1.165) is 0 Å². The van der Waals surface area contributed by atoms with Gasteiger partial charge in [-0.2, -0.15) is 0 Å². The van der Waals surface area contributed by atoms with Crippen LogP contribution in [-0.4, -0.2) is 119 Å². The van der Waals surface area contributed by atoms with E-state index >= 15 is 0 Å². The number of hydrogen-bond donors (Lipinski definition) is 8. The van der Waals surface area contributed by atoms with Crippen molar-refractivity contribution in [2.75, 3.05) is 19.6 Å². The average Bonchev–Trinajstić information content (AvgIpc) is 3.18. The van der Waals surface area contributed by atoms with Crippen molar-refractivity contribution in [2.45, 2.75) is 74.6 Å². The van der Waals surface area contributed by atoms with Gasteiger partial charge in [-0.05, 0) is 6.92 Å². The lowest BCUT2D eigenvalue weighted by Crippen LogP contribution is -2.49. The summed E-state index contributed by atoms with van der Waals surface area (Å²) < 4.78 is 11.0. The number of fused-ring (bicyclic) bond motifs is 4. The van der Waals surface area contributed by atoms with Crippen LogP contribution in [0.25, 0.3) is 0 Å². The first-order chi connectivity index (χ1) is 15.6. The van der Waals surface area contributed by atoms with Crippen molar-refractivity contribution in [3.8, 4) is 0 Å². The van der Waals surface area contributed by atoms with Gasteiger partial charge in [0.1, 0.15) is 42.7 Å². The van der Waals surface area contributed by atoms with Crippen molar-refractivity contribution in [1.82, 2.24) is 21.3 Å². The van der Waals surface area contributed by atoms with Gasteiger partial charge < -0.3 is 51.2 Å². The molecule has 0 aliphatic carbocycles. The minimum atomic E-state index is -1.38. The minimum Gasteiger partial charge on any atom is -0.388 e. The van der Waals surface area contributed by atoms with Crippen LogP contribution in [0.1, 0.15) is 19.8 Å². The molecule has 4 bridgehead atoms. The number of carbonyl (C=O) groups excluding carboxylic acids is 4. The number of ether oxygens (including phenoxy) is 2. The lowest BCUT2D eigenvalue weighted by atomic mass is 10.0. The Morgan fingerprint density at radius 2 is 1.15 bits per heavy atom. The lowest BCUT2D eigenvalue weighted by molar-refractivity contribution is -0.131. The molecule has 0 unspecified atom stereocenters. The van der Waals surface area contributed by atoms with Crippen molar-refractivity contribution in [3.05, 3.63) is 0 Å². The number of hydrogen-bond acceptors (Lipinski definition) is 10. The van der Waals surface area contributed by atoms with E-state index in [1.165, 1.54) is 6.92 Å². The van der Waals surface area contributed by atoms with E-state index in [1.807, 2.05) is 0 Å². The molecule has 3 heterocycles. The van der Waals surface area contributed by atoms with Crippen molar-refractivity contribution >= 4 is 23.6 Å². The predicted octanol–water partition coefficient (Wildman–Crippen LogP) is -5.39. The molecule has 0 aromatic carbocycles. The van der Waals surface area contributed by atoms with Gasteiger partial charge in [-0.3, -0.25) is 19.2 Å². The number of carbonyl (C=O) groups is 4. The zero-order valence-electron chi connectivity index (χ0n) is 18.0. The van der Waals surface area contributed by atoms with Crippen LogP contribution in [-0.2, 0) is 28.7 Å². The molecule has 4 amide bonds. The second-order valence-electron chi connectivity index (χ2n) is 8.41. The van der Waals surface area contributed by atoms with Gasteiger partial charge in [0.25, 0.3) is 0 Å². The standard InChI is InChI=1S/C19H30N4O10/c1-7-19(31)22-5-11-18(30)15(27)8(32-11)2-12(24)21-6-14(26)20-4-10-17(29)16(28)9(33-10)3-13(25)23-7/h7-11,15-18,27-30H,2-6H2,1H3,(H,20,26)(H,21,24)(H,22,31)(H,23,25)/t7-,8-,9-,10+,11+,15-,16-,17+,18+/m0/s1. The molecule has 14 nitrogen and oxygen atoms in total. The van der Waals surface area contributed by atoms with E-state index in [9.17, 15) is 39.6 Å². The highest BCUT2D eigenvalue weighted by molar-refractivity contribution is 5.87. The fraction of sp³-hybridized carbons (Fsp3) is 0.789. The SMILES string of the molecule is C[C@@H]1NC(=O)C[C@@H]2O[C@H](CNC(=O)CNC(=O)C[C@@H]3O[C@H](CNC1=O)[C@@H](O)[C@H]3O)[C@@H](O)[C@H]2O. The fourth-order valence-electron chi connectivity index (χ4n) is 3.94. The number of amides is 4. The third-order valence-corrected chi connectivity index (χ3v) is 5.89. The second kappa shape index (κ2) is 10.7. The third-order valence-electron chi connectivity index (χ3n) is 5.89. The van der Waals surface area contributed by atoms with Crippen LogP contribution in [0.4, 0.5) is 0 Å². The van der Waals surface area contributed by atoms with Gasteiger partial charge in [-0.1, -0.05) is 0 Å². The quantitative estimate of drug-likeness (QED) is 0.167. The first-order valence-electron chi connectivity index (χ1n) is 10.7. The molecule has 3 fully saturated rings. The van der Waals surface area contributed by atoms with E-state index in [0.29, 0.717) is 0 Å². The Morgan fingerprint density at radius 1 is 0.667 bits per heavy atom. The largest absolute Gasteiger partial charge is 0.388 e. The summed E-state index contributed by atoms with van der Waals surface area (Å²) in [4.78, 5) is 48.7. The lowest BCUT2D eigenvalue weighted by Gasteiger charge is -2.20. The van der Waals surface area contributed by atoms with Crippen LogP contribution in [0.3, 0.4) is 0 Å². The van der Waals surface area contributed by atoms with Crippen LogP contribution in [0.15, 0.2) is 0 Å². The van der Waals surface area contributed by atoms with Crippen LogP contribution in [0, 0.1) is 0 Å². The molecule has 3 aliphatic rings. The monoisotopic (exact) mass is 474 g/mol. The Labute approximate surface area is 189 Å². The molecule has 0 spiro atoms. The maximum Gasteiger partial charge on any atom is 0.242 e. The van der Waals surface area contributed by atoms with E-state index < -0.39 is 85.0 Å². The summed E-state index contributed by atoms with van der Waals surface area (Å²) in [6, 6.07) is -0.980. The molecule has 33 heavy (non-hydrogen) atoms. The number of nitrogens with one attached hydrogen (secondary N) is 4. The summed E-state index contributed by atoms with van der Waals surface area (Å²) >= 11 is 0. The summed E-state index contributed by atoms with van der Waals surface area (Å²) in [5.41, 5.74) is 0. The smallest absolute Gasteiger partial charge is 0.242 e. The van der Waals surface area contributed by atoms with Gasteiger partial charge in [-0.25, -0.2) is 0 Å². The number of aliphatic hydroxyl groups excluding tert-OH is 4. The summed E-state index contributed by atoms with van der Waals surface area (Å²) in [5.74, 6) is -2.39. The van der Waals surface area contributed by atoms with Crippen molar-refractivity contribution in [1.29, 1.82) is 0 Å². The molecule has 14 heteroatoms. The Kier molecular flexibility index (Phi) is 8.20. The third kappa shape index (κ3) is 6.16. The molecule has 3 rings (SSSR count). The molecule has 3 saturated heterocycles. The molecule has 8 N–H and O–H groups in total. The summed E-state index contributed by atoms with van der Waals surface area (Å²) in [7, 11) is 0. The van der Waals surface area contributed by atoms with Crippen LogP contribution in [0.2, 0.25) is 0 Å². The maximum absolute atomic E-state index is 12.3. The van der Waals surface area contributed by atoms with Crippen molar-refractivity contribution in [2.24, 2.45) is 0 Å². The van der Waals surface area contributed by atoms with Gasteiger partial charge in [-0.15, -0.1) is 0 Å². The van der Waals surface area contributed by atoms with Gasteiger partial charge in [0.2, 0.25) is 23.6 Å². The topological polar surface area (TPSA) is 216 Å². The fourth-order valence-corrected chi connectivity index (χ4v) is 3.94. The highest BCUT2D eigenvalue weighted by Crippen LogP contribution is 2.24. The normalized spacial score (nSPS) is 41.5. The Hall–Kier alpha value is -2.36. The minimum absolute atomic E-state index is 0.178. The molecule has 0 radical (unpaired) electrons. The van der Waals surface area contributed by atoms with Gasteiger partial charge in [0.15, 0.2) is 0 Å². The molecule has 0 aromatic heterocycles. The average molecular weight is 474 g/mol. The van der Waals surface area contributed by atoms with Gasteiger partial charge in [0, 0.05) is 13.1 Å². The number of aliphatic hydroxyl groups is 4. The summed E-state index contributed by atoms with van der Waals surface area (Å²) in [6.45, 7) is 0.656. The maximum atomic E-state index is 12.3. The molecule has 0 aromatic rings. The van der Waals surface area contributed by atoms with E-state index in [2.05, 4.69) is 21.3 Å². The molecule has 3 aliphatic heterocycles. The van der Waals surface area contributed by atoms with Gasteiger partial charge in [0.05, 0.1) is 31.6 Å². The molecule has 0 saturated carbocycles. The van der Waals surface area contributed by atoms with E-state index in [1.54, 1.807) is 0 Å². The van der Waals surface area contributed by atoms with Crippen molar-refractivity contribution in [3.63, 3.8) is 0 Å². The Bertz CT molecular complexity index is 767. The summed E-state index contributed by atoms with van der Waals surface area (Å²) in [6.07, 6.45) is -10.2. The Morgan fingerprint density at radius 3 is 1.73 bits per heavy atom. The Balaban J connectivity index is 1.69. The molecule has 186 valence electrons. The molecule has 9 atom stereocenters. The van der Waals surface area contributed by atoms with Gasteiger partial charge >= 0.3 is 0 Å². The first kappa shape index (κ1) is 25.3. The molecular formula is C19H30N4O10. The summed E-state index contributed by atoms with van der Waals surface area (Å²) in [5, 5.41) is 50.4. The predicted molar refractivity (Wildman–Crippen MR) is 107 cm³/mol. The molecular weight excluding hydrogens is 444 g/mol. The highest BCUT2D eigenvalue weighted by Gasteiger charge is 2.45. The number of rotatable bonds is 0. The van der Waals surface area contributed by atoms with E-state index in [-0.39, 0.29) is 25.9 Å². The van der Waals surface area contributed by atoms with Crippen LogP contribution < -0.4 is 21.3 Å².